The molecule has 0 unspecified atom stereocenters. The molecule has 0 bridgehead atoms. The highest BCUT2D eigenvalue weighted by Gasteiger charge is 2.44. The molecule has 2 aromatic rings. The molecule has 0 aromatic carbocycles. The minimum atomic E-state index is -1.18. The Balaban J connectivity index is 2.04. The summed E-state index contributed by atoms with van der Waals surface area (Å²) in [5.41, 5.74) is 6.84. The summed E-state index contributed by atoms with van der Waals surface area (Å²) in [6.45, 7) is -0.391. The maximum atomic E-state index is 9.95. The highest BCUT2D eigenvalue weighted by Crippen LogP contribution is 2.35. The van der Waals surface area contributed by atoms with E-state index in [0.717, 1.165) is 0 Å². The molecule has 1 saturated heterocycles. The summed E-state index contributed by atoms with van der Waals surface area (Å²) in [6, 6.07) is 0. The number of nitrogens with one attached hydrogen (secondary N) is 1. The molecule has 102 valence electrons. The Morgan fingerprint density at radius 3 is 2.74 bits per heavy atom. The van der Waals surface area contributed by atoms with Crippen molar-refractivity contribution in [2.75, 3.05) is 12.3 Å². The number of hydrogen-bond donors (Lipinski definition) is 5. The van der Waals surface area contributed by atoms with Crippen LogP contribution in [-0.4, -0.2) is 60.4 Å². The van der Waals surface area contributed by atoms with Crippen molar-refractivity contribution in [3.63, 3.8) is 0 Å². The lowest BCUT2D eigenvalue weighted by atomic mass is 10.1. The van der Waals surface area contributed by atoms with Gasteiger partial charge < -0.3 is 25.8 Å². The fourth-order valence-corrected chi connectivity index (χ4v) is 2.21. The summed E-state index contributed by atoms with van der Waals surface area (Å²) in [7, 11) is 0. The lowest BCUT2D eigenvalue weighted by Gasteiger charge is -2.12. The Bertz CT molecular complexity index is 603. The molecule has 19 heavy (non-hydrogen) atoms. The molecule has 0 spiro atoms. The van der Waals surface area contributed by atoms with Gasteiger partial charge in [-0.05, 0) is 0 Å². The minimum absolute atomic E-state index is 0.208. The second-order valence-corrected chi connectivity index (χ2v) is 4.35. The summed E-state index contributed by atoms with van der Waals surface area (Å²) in [4.78, 5) is 7.84. The number of aliphatic hydroxyl groups excluding tert-OH is 3. The Kier molecular flexibility index (Phi) is 2.82. The number of nitrogens with two attached hydrogens (primary N) is 1. The van der Waals surface area contributed by atoms with Crippen LogP contribution in [0.4, 0.5) is 5.82 Å². The number of nitrogen functional groups attached to an aromatic ring is 1. The number of fused-ring (bicyclic) bond motifs is 1. The van der Waals surface area contributed by atoms with E-state index in [1.807, 2.05) is 0 Å². The molecule has 0 amide bonds. The average Bonchev–Trinajstić information content (AvgIpc) is 2.94. The predicted molar refractivity (Wildman–Crippen MR) is 62.8 cm³/mol. The third-order valence-electron chi connectivity index (χ3n) is 3.22. The van der Waals surface area contributed by atoms with Gasteiger partial charge in [-0.25, -0.2) is 9.97 Å². The molecule has 0 saturated carbocycles. The third-order valence-corrected chi connectivity index (χ3v) is 3.22. The molecule has 9 heteroatoms. The van der Waals surface area contributed by atoms with Gasteiger partial charge in [0.05, 0.1) is 12.3 Å². The number of ether oxygens (including phenoxy) is 1. The maximum absolute atomic E-state index is 9.95. The molecular weight excluding hydrogens is 254 g/mol. The maximum Gasteiger partial charge on any atom is 0.155 e. The van der Waals surface area contributed by atoms with Gasteiger partial charge in [0.2, 0.25) is 0 Å². The van der Waals surface area contributed by atoms with Gasteiger partial charge in [-0.15, -0.1) is 0 Å². The zero-order valence-corrected chi connectivity index (χ0v) is 9.76. The molecule has 6 N–H and O–H groups in total. The van der Waals surface area contributed by atoms with Crippen LogP contribution in [0.1, 0.15) is 11.8 Å². The van der Waals surface area contributed by atoms with Crippen LogP contribution in [0, 0.1) is 0 Å². The van der Waals surface area contributed by atoms with Crippen LogP contribution in [0.25, 0.3) is 11.0 Å². The van der Waals surface area contributed by atoms with Crippen molar-refractivity contribution in [3.05, 3.63) is 12.0 Å². The number of anilines is 1. The molecule has 2 aromatic heterocycles. The van der Waals surface area contributed by atoms with Crippen molar-refractivity contribution < 1.29 is 20.1 Å². The first-order valence-corrected chi connectivity index (χ1v) is 5.70. The summed E-state index contributed by atoms with van der Waals surface area (Å²) in [5.74, 6) is 0.208. The van der Waals surface area contributed by atoms with Crippen LogP contribution in [0.3, 0.4) is 0 Å². The first-order chi connectivity index (χ1) is 9.13. The van der Waals surface area contributed by atoms with Gasteiger partial charge in [-0.3, -0.25) is 5.10 Å². The standard InChI is InChI=1S/C10H13N5O4/c11-10-6-4(12-2-13-10)5(14-15-6)9-8(18)7(17)3(1-16)19-9/h2-3,7-9,16-18H,1H2,(H,14,15)(H2,11,12,13)/t3-,7-,8-,9+/m0/s1. The second-order valence-electron chi connectivity index (χ2n) is 4.35. The number of rotatable bonds is 2. The van der Waals surface area contributed by atoms with Crippen LogP contribution in [0.15, 0.2) is 6.33 Å². The molecule has 1 aliphatic rings. The predicted octanol–water partition coefficient (Wildman–Crippen LogP) is -1.91. The van der Waals surface area contributed by atoms with Gasteiger partial charge in [-0.2, -0.15) is 5.10 Å². The highest BCUT2D eigenvalue weighted by molar-refractivity contribution is 5.85. The fraction of sp³-hybridized carbons (Fsp3) is 0.500. The molecule has 1 fully saturated rings. The average molecular weight is 267 g/mol. The Labute approximate surface area is 107 Å². The van der Waals surface area contributed by atoms with E-state index in [1.54, 1.807) is 0 Å². The van der Waals surface area contributed by atoms with Gasteiger partial charge in [0, 0.05) is 0 Å². The summed E-state index contributed by atoms with van der Waals surface area (Å²) in [5, 5.41) is 35.4. The number of aromatic nitrogens is 4. The van der Waals surface area contributed by atoms with Gasteiger partial charge >= 0.3 is 0 Å². The SMILES string of the molecule is Nc1ncnc2c([C@H]3O[C@@H](CO)[C@H](O)[C@@H]3O)[nH]nc12. The van der Waals surface area contributed by atoms with E-state index in [9.17, 15) is 10.2 Å². The van der Waals surface area contributed by atoms with Crippen LogP contribution >= 0.6 is 0 Å². The Morgan fingerprint density at radius 2 is 2.05 bits per heavy atom. The van der Waals surface area contributed by atoms with E-state index < -0.39 is 31.0 Å². The van der Waals surface area contributed by atoms with Crippen LogP contribution in [0.2, 0.25) is 0 Å². The van der Waals surface area contributed by atoms with E-state index >= 15 is 0 Å². The topological polar surface area (TPSA) is 150 Å². The zero-order valence-electron chi connectivity index (χ0n) is 9.76. The van der Waals surface area contributed by atoms with E-state index in [-0.39, 0.29) is 5.82 Å². The van der Waals surface area contributed by atoms with Crippen LogP contribution in [0.5, 0.6) is 0 Å². The number of nitrogens with zero attached hydrogens (tertiary/aromatic N) is 3. The van der Waals surface area contributed by atoms with E-state index in [0.29, 0.717) is 16.7 Å². The van der Waals surface area contributed by atoms with E-state index in [1.165, 1.54) is 6.33 Å². The largest absolute Gasteiger partial charge is 0.394 e. The lowest BCUT2D eigenvalue weighted by molar-refractivity contribution is -0.0236. The summed E-state index contributed by atoms with van der Waals surface area (Å²) < 4.78 is 5.40. The summed E-state index contributed by atoms with van der Waals surface area (Å²) in [6.07, 6.45) is -2.79. The highest BCUT2D eigenvalue weighted by atomic mass is 16.6. The van der Waals surface area contributed by atoms with Gasteiger partial charge in [-0.1, -0.05) is 0 Å². The fourth-order valence-electron chi connectivity index (χ4n) is 2.21. The lowest BCUT2D eigenvalue weighted by Crippen LogP contribution is -2.32. The molecule has 4 atom stereocenters. The smallest absolute Gasteiger partial charge is 0.155 e. The third kappa shape index (κ3) is 1.75. The monoisotopic (exact) mass is 267 g/mol. The van der Waals surface area contributed by atoms with Crippen molar-refractivity contribution >= 4 is 16.9 Å². The van der Waals surface area contributed by atoms with Crippen LogP contribution < -0.4 is 5.73 Å². The number of hydrogen-bond acceptors (Lipinski definition) is 8. The molecule has 3 rings (SSSR count). The van der Waals surface area contributed by atoms with Crippen molar-refractivity contribution in [2.24, 2.45) is 0 Å². The first-order valence-electron chi connectivity index (χ1n) is 5.70. The molecule has 9 nitrogen and oxygen atoms in total. The van der Waals surface area contributed by atoms with Gasteiger partial charge in [0.15, 0.2) is 11.3 Å². The van der Waals surface area contributed by atoms with Gasteiger partial charge in [0.25, 0.3) is 0 Å². The van der Waals surface area contributed by atoms with E-state index in [4.69, 9.17) is 15.6 Å². The molecule has 1 aliphatic heterocycles. The van der Waals surface area contributed by atoms with Crippen LogP contribution in [-0.2, 0) is 4.74 Å². The Hall–Kier alpha value is -1.81. The quantitative estimate of drug-likeness (QED) is 0.423. The second kappa shape index (κ2) is 4.38. The van der Waals surface area contributed by atoms with Crippen molar-refractivity contribution in [2.45, 2.75) is 24.4 Å². The van der Waals surface area contributed by atoms with Gasteiger partial charge in [0.1, 0.15) is 36.3 Å². The number of aromatic amines is 1. The molecular formula is C10H13N5O4. The Morgan fingerprint density at radius 1 is 1.26 bits per heavy atom. The van der Waals surface area contributed by atoms with Crippen molar-refractivity contribution in [1.82, 2.24) is 20.2 Å². The molecule has 3 heterocycles. The van der Waals surface area contributed by atoms with Crippen molar-refractivity contribution in [3.8, 4) is 0 Å². The van der Waals surface area contributed by atoms with Crippen molar-refractivity contribution in [1.29, 1.82) is 0 Å². The normalized spacial score (nSPS) is 31.1. The van der Waals surface area contributed by atoms with E-state index in [2.05, 4.69) is 20.2 Å². The molecule has 0 aliphatic carbocycles. The molecule has 0 radical (unpaired) electrons. The minimum Gasteiger partial charge on any atom is -0.394 e. The zero-order chi connectivity index (χ0) is 13.6. The first kappa shape index (κ1) is 12.2. The summed E-state index contributed by atoms with van der Waals surface area (Å²) >= 11 is 0. The number of H-pyrrole nitrogens is 1. The number of aliphatic hydroxyl groups is 3.